The van der Waals surface area contributed by atoms with E-state index in [0.717, 1.165) is 39.8 Å². The number of hydrogen-bond donors (Lipinski definition) is 0. The largest absolute Gasteiger partial charge is 0.495 e. The van der Waals surface area contributed by atoms with E-state index in [1.807, 2.05) is 46.8 Å². The van der Waals surface area contributed by atoms with Crippen molar-refractivity contribution in [1.29, 1.82) is 5.26 Å². The zero-order valence-electron chi connectivity index (χ0n) is 25.1. The van der Waals surface area contributed by atoms with Crippen LogP contribution in [0.25, 0.3) is 0 Å². The minimum atomic E-state index is -0.511. The number of ether oxygens (including phenoxy) is 2. The predicted molar refractivity (Wildman–Crippen MR) is 162 cm³/mol. The lowest BCUT2D eigenvalue weighted by atomic mass is 9.74. The SMILES string of the molecule is CCOC(=O)Cc1cc(C)c(B2OC(C)(C)C(C)(C)O2)cc1CCCc1nc(C#N)ccc1COc1cccc(Cl)n1. The van der Waals surface area contributed by atoms with Gasteiger partial charge in [0, 0.05) is 17.3 Å². The van der Waals surface area contributed by atoms with Crippen molar-refractivity contribution < 1.29 is 23.6 Å². The first-order chi connectivity index (χ1) is 19.9. The monoisotopic (exact) mass is 589 g/mol. The number of aromatic nitrogens is 2. The van der Waals surface area contributed by atoms with Crippen molar-refractivity contribution in [1.82, 2.24) is 9.97 Å². The first-order valence-electron chi connectivity index (χ1n) is 14.2. The third-order valence-corrected chi connectivity index (χ3v) is 8.05. The molecule has 0 unspecified atom stereocenters. The molecular weight excluding hydrogens is 553 g/mol. The van der Waals surface area contributed by atoms with E-state index in [0.29, 0.717) is 36.2 Å². The van der Waals surface area contributed by atoms with Crippen LogP contribution in [0.2, 0.25) is 5.15 Å². The predicted octanol–water partition coefficient (Wildman–Crippen LogP) is 5.47. The molecule has 1 fully saturated rings. The van der Waals surface area contributed by atoms with Gasteiger partial charge in [-0.15, -0.1) is 0 Å². The minimum Gasteiger partial charge on any atom is -0.473 e. The van der Waals surface area contributed by atoms with Crippen molar-refractivity contribution in [2.24, 2.45) is 0 Å². The summed E-state index contributed by atoms with van der Waals surface area (Å²) in [6.07, 6.45) is 2.19. The fourth-order valence-electron chi connectivity index (χ4n) is 4.83. The summed E-state index contributed by atoms with van der Waals surface area (Å²) in [7, 11) is -0.511. The molecule has 3 heterocycles. The lowest BCUT2D eigenvalue weighted by molar-refractivity contribution is -0.142. The summed E-state index contributed by atoms with van der Waals surface area (Å²) in [5.41, 5.74) is 4.94. The van der Waals surface area contributed by atoms with E-state index in [2.05, 4.69) is 22.1 Å². The zero-order valence-corrected chi connectivity index (χ0v) is 25.9. The van der Waals surface area contributed by atoms with E-state index in [1.54, 1.807) is 31.2 Å². The number of halogens is 1. The van der Waals surface area contributed by atoms with E-state index < -0.39 is 18.3 Å². The van der Waals surface area contributed by atoms with Gasteiger partial charge in [0.2, 0.25) is 5.88 Å². The van der Waals surface area contributed by atoms with Gasteiger partial charge in [-0.3, -0.25) is 4.79 Å². The molecule has 0 aliphatic carbocycles. The summed E-state index contributed by atoms with van der Waals surface area (Å²) >= 11 is 5.99. The van der Waals surface area contributed by atoms with Gasteiger partial charge in [-0.2, -0.15) is 5.26 Å². The summed E-state index contributed by atoms with van der Waals surface area (Å²) < 4.78 is 23.8. The number of carbonyl (C=O) groups excluding carboxylic acids is 1. The molecule has 1 saturated heterocycles. The van der Waals surface area contributed by atoms with Crippen LogP contribution in [0, 0.1) is 18.3 Å². The Kier molecular flexibility index (Phi) is 9.93. The van der Waals surface area contributed by atoms with Crippen LogP contribution in [0.3, 0.4) is 0 Å². The highest BCUT2D eigenvalue weighted by molar-refractivity contribution is 6.62. The standard InChI is InChI=1S/C32H37BClN3O5/c1-7-39-30(38)18-24-16-21(2)26(33-41-31(3,4)32(5,6)42-33)17-22(24)10-8-11-27-23(14-15-25(19-35)36-27)20-40-29-13-9-12-28(34)37-29/h9,12-17H,7-8,10-11,18,20H2,1-6H3. The summed E-state index contributed by atoms with van der Waals surface area (Å²) in [5, 5.41) is 9.81. The molecule has 10 heteroatoms. The zero-order chi connectivity index (χ0) is 30.5. The van der Waals surface area contributed by atoms with Gasteiger partial charge in [-0.05, 0) is 89.5 Å². The van der Waals surface area contributed by atoms with E-state index >= 15 is 0 Å². The van der Waals surface area contributed by atoms with Crippen LogP contribution in [0.4, 0.5) is 0 Å². The second kappa shape index (κ2) is 13.2. The van der Waals surface area contributed by atoms with Crippen LogP contribution < -0.4 is 10.2 Å². The van der Waals surface area contributed by atoms with Crippen LogP contribution in [0.5, 0.6) is 5.88 Å². The molecule has 4 rings (SSSR count). The molecule has 0 saturated carbocycles. The summed E-state index contributed by atoms with van der Waals surface area (Å²) in [6, 6.07) is 15.0. The Morgan fingerprint density at radius 1 is 1.02 bits per heavy atom. The summed E-state index contributed by atoms with van der Waals surface area (Å²) in [5.74, 6) is 0.148. The maximum Gasteiger partial charge on any atom is 0.495 e. The Morgan fingerprint density at radius 3 is 2.43 bits per heavy atom. The molecule has 42 heavy (non-hydrogen) atoms. The Bertz CT molecular complexity index is 1470. The summed E-state index contributed by atoms with van der Waals surface area (Å²) in [6.45, 7) is 12.5. The van der Waals surface area contributed by atoms with Gasteiger partial charge in [0.1, 0.15) is 23.5 Å². The molecule has 0 bridgehead atoms. The Hall–Kier alpha value is -3.45. The van der Waals surface area contributed by atoms with E-state index in [4.69, 9.17) is 30.4 Å². The molecule has 0 amide bonds. The molecule has 1 aliphatic rings. The van der Waals surface area contributed by atoms with Gasteiger partial charge in [0.25, 0.3) is 0 Å². The third kappa shape index (κ3) is 7.49. The average molecular weight is 590 g/mol. The second-order valence-corrected chi connectivity index (χ2v) is 11.8. The van der Waals surface area contributed by atoms with Crippen LogP contribution in [-0.2, 0) is 44.7 Å². The minimum absolute atomic E-state index is 0.182. The lowest BCUT2D eigenvalue weighted by Gasteiger charge is -2.32. The third-order valence-electron chi connectivity index (χ3n) is 7.84. The van der Waals surface area contributed by atoms with Gasteiger partial charge in [-0.1, -0.05) is 41.4 Å². The van der Waals surface area contributed by atoms with E-state index in [-0.39, 0.29) is 19.0 Å². The number of rotatable bonds is 11. The number of hydrogen-bond acceptors (Lipinski definition) is 8. The highest BCUT2D eigenvalue weighted by Crippen LogP contribution is 2.37. The number of aryl methyl sites for hydroxylation is 3. The van der Waals surface area contributed by atoms with Crippen molar-refractivity contribution in [3.8, 4) is 11.9 Å². The number of pyridine rings is 2. The average Bonchev–Trinajstić information content (AvgIpc) is 3.15. The van der Waals surface area contributed by atoms with E-state index in [9.17, 15) is 10.1 Å². The van der Waals surface area contributed by atoms with Gasteiger partial charge in [0.15, 0.2) is 0 Å². The molecule has 1 aliphatic heterocycles. The molecule has 0 N–H and O–H groups in total. The number of nitriles is 1. The molecule has 3 aromatic rings. The quantitative estimate of drug-likeness (QED) is 0.165. The van der Waals surface area contributed by atoms with Gasteiger partial charge >= 0.3 is 13.1 Å². The smallest absolute Gasteiger partial charge is 0.473 e. The summed E-state index contributed by atoms with van der Waals surface area (Å²) in [4.78, 5) is 21.2. The number of nitrogens with zero attached hydrogens (tertiary/aromatic N) is 3. The molecule has 2 aromatic heterocycles. The van der Waals surface area contributed by atoms with Gasteiger partial charge in [0.05, 0.1) is 24.2 Å². The lowest BCUT2D eigenvalue weighted by Crippen LogP contribution is -2.41. The highest BCUT2D eigenvalue weighted by atomic mass is 35.5. The molecule has 0 spiro atoms. The van der Waals surface area contributed by atoms with Crippen LogP contribution in [-0.4, -0.2) is 40.9 Å². The normalized spacial score (nSPS) is 15.3. The maximum atomic E-state index is 12.5. The topological polar surface area (TPSA) is 104 Å². The van der Waals surface area contributed by atoms with Crippen LogP contribution in [0.1, 0.15) is 74.7 Å². The first kappa shape index (κ1) is 31.5. The Morgan fingerprint density at radius 2 is 1.76 bits per heavy atom. The fraction of sp³-hybridized carbons (Fsp3) is 0.438. The van der Waals surface area contributed by atoms with Crippen molar-refractivity contribution in [3.05, 3.63) is 81.3 Å². The first-order valence-corrected chi connectivity index (χ1v) is 14.6. The fourth-order valence-corrected chi connectivity index (χ4v) is 4.98. The van der Waals surface area contributed by atoms with Crippen molar-refractivity contribution >= 4 is 30.2 Å². The second-order valence-electron chi connectivity index (χ2n) is 11.4. The number of benzene rings is 1. The Balaban J connectivity index is 1.56. The molecule has 220 valence electrons. The number of carbonyl (C=O) groups is 1. The van der Waals surface area contributed by atoms with Crippen molar-refractivity contribution in [2.75, 3.05) is 6.61 Å². The molecule has 0 radical (unpaired) electrons. The van der Waals surface area contributed by atoms with Crippen LogP contribution in [0.15, 0.2) is 42.5 Å². The van der Waals surface area contributed by atoms with Crippen molar-refractivity contribution in [2.45, 2.75) is 85.0 Å². The van der Waals surface area contributed by atoms with Crippen LogP contribution >= 0.6 is 11.6 Å². The maximum absolute atomic E-state index is 12.5. The van der Waals surface area contributed by atoms with E-state index in [1.165, 1.54) is 0 Å². The molecule has 0 atom stereocenters. The molecule has 8 nitrogen and oxygen atoms in total. The molecular formula is C32H37BClN3O5. The van der Waals surface area contributed by atoms with Gasteiger partial charge < -0.3 is 18.8 Å². The Labute approximate surface area is 253 Å². The van der Waals surface area contributed by atoms with Crippen molar-refractivity contribution in [3.63, 3.8) is 0 Å². The number of esters is 1. The van der Waals surface area contributed by atoms with Gasteiger partial charge in [-0.25, -0.2) is 9.97 Å². The highest BCUT2D eigenvalue weighted by Gasteiger charge is 2.52. The molecule has 1 aromatic carbocycles.